The summed E-state index contributed by atoms with van der Waals surface area (Å²) >= 11 is 0. The molecule has 8 heteroatoms. The summed E-state index contributed by atoms with van der Waals surface area (Å²) in [5.74, 6) is -0.167. The summed E-state index contributed by atoms with van der Waals surface area (Å²) < 4.78 is 10.5. The normalized spacial score (nSPS) is 11.0. The maximum atomic E-state index is 12.8. The van der Waals surface area contributed by atoms with Gasteiger partial charge in [-0.1, -0.05) is 26.0 Å². The first kappa shape index (κ1) is 23.5. The Morgan fingerprint density at radius 2 is 1.55 bits per heavy atom. The number of rotatable bonds is 8. The lowest BCUT2D eigenvalue weighted by atomic mass is 10.1. The van der Waals surface area contributed by atoms with Gasteiger partial charge in [0.2, 0.25) is 11.8 Å². The van der Waals surface area contributed by atoms with Crippen LogP contribution in [0.1, 0.15) is 26.3 Å². The molecule has 0 bridgehead atoms. The Balaban J connectivity index is 2.27. The third kappa shape index (κ3) is 6.88. The zero-order valence-corrected chi connectivity index (χ0v) is 18.2. The Hall–Kier alpha value is -3.81. The van der Waals surface area contributed by atoms with Crippen molar-refractivity contribution in [1.82, 2.24) is 5.32 Å². The predicted octanol–water partition coefficient (Wildman–Crippen LogP) is 3.41. The molecule has 31 heavy (non-hydrogen) atoms. The van der Waals surface area contributed by atoms with Crippen LogP contribution in [0.2, 0.25) is 0 Å². The van der Waals surface area contributed by atoms with Crippen LogP contribution in [-0.2, 0) is 14.4 Å². The first-order valence-corrected chi connectivity index (χ1v) is 9.67. The van der Waals surface area contributed by atoms with Crippen LogP contribution in [0.15, 0.2) is 48.2 Å². The van der Waals surface area contributed by atoms with Crippen LogP contribution in [0.25, 0.3) is 6.08 Å². The van der Waals surface area contributed by atoms with E-state index in [4.69, 9.17) is 9.47 Å². The Bertz CT molecular complexity index is 998. The van der Waals surface area contributed by atoms with E-state index < -0.39 is 5.91 Å². The highest BCUT2D eigenvalue weighted by atomic mass is 16.5. The van der Waals surface area contributed by atoms with Crippen molar-refractivity contribution >= 4 is 35.2 Å². The Kier molecular flexibility index (Phi) is 8.19. The minimum atomic E-state index is -0.516. The Labute approximate surface area is 181 Å². The fourth-order valence-electron chi connectivity index (χ4n) is 2.62. The second-order valence-electron chi connectivity index (χ2n) is 7.03. The molecule has 2 aromatic rings. The molecule has 0 saturated carbocycles. The SMILES string of the molecule is COc1ccc(/C=C(\NC(C)=O)C(=O)Nc2cccc(NC(=O)C(C)C)c2)cc1OC. The third-order valence-corrected chi connectivity index (χ3v) is 4.19. The van der Waals surface area contributed by atoms with Crippen molar-refractivity contribution in [2.24, 2.45) is 5.92 Å². The number of hydrogen-bond acceptors (Lipinski definition) is 5. The number of amides is 3. The summed E-state index contributed by atoms with van der Waals surface area (Å²) in [6.07, 6.45) is 1.53. The van der Waals surface area contributed by atoms with E-state index in [1.807, 2.05) is 0 Å². The van der Waals surface area contributed by atoms with Gasteiger partial charge in [0.15, 0.2) is 11.5 Å². The number of carbonyl (C=O) groups excluding carboxylic acids is 3. The van der Waals surface area contributed by atoms with Crippen LogP contribution in [0, 0.1) is 5.92 Å². The van der Waals surface area contributed by atoms with Crippen LogP contribution >= 0.6 is 0 Å². The van der Waals surface area contributed by atoms with E-state index in [1.54, 1.807) is 56.3 Å². The average Bonchev–Trinajstić information content (AvgIpc) is 2.72. The fourth-order valence-corrected chi connectivity index (χ4v) is 2.62. The highest BCUT2D eigenvalue weighted by Gasteiger charge is 2.14. The fraction of sp³-hybridized carbons (Fsp3) is 0.261. The molecule has 164 valence electrons. The van der Waals surface area contributed by atoms with Crippen LogP contribution < -0.4 is 25.4 Å². The van der Waals surface area contributed by atoms with Crippen molar-refractivity contribution in [2.45, 2.75) is 20.8 Å². The van der Waals surface area contributed by atoms with Gasteiger partial charge in [-0.2, -0.15) is 0 Å². The highest BCUT2D eigenvalue weighted by Crippen LogP contribution is 2.28. The van der Waals surface area contributed by atoms with Gasteiger partial charge >= 0.3 is 0 Å². The number of methoxy groups -OCH3 is 2. The van der Waals surface area contributed by atoms with E-state index in [0.29, 0.717) is 28.4 Å². The van der Waals surface area contributed by atoms with Crippen molar-refractivity contribution in [2.75, 3.05) is 24.9 Å². The lowest BCUT2D eigenvalue weighted by Gasteiger charge is -2.13. The Morgan fingerprint density at radius 3 is 2.13 bits per heavy atom. The average molecular weight is 425 g/mol. The quantitative estimate of drug-likeness (QED) is 0.562. The molecule has 2 rings (SSSR count). The molecule has 0 aromatic heterocycles. The van der Waals surface area contributed by atoms with E-state index >= 15 is 0 Å². The van der Waals surface area contributed by atoms with Crippen molar-refractivity contribution in [3.05, 3.63) is 53.7 Å². The molecule has 8 nitrogen and oxygen atoms in total. The van der Waals surface area contributed by atoms with E-state index in [2.05, 4.69) is 16.0 Å². The summed E-state index contributed by atoms with van der Waals surface area (Å²) in [5, 5.41) is 8.06. The molecule has 0 aliphatic heterocycles. The molecule has 0 heterocycles. The maximum absolute atomic E-state index is 12.8. The van der Waals surface area contributed by atoms with E-state index in [1.165, 1.54) is 27.2 Å². The molecule has 0 aliphatic carbocycles. The lowest BCUT2D eigenvalue weighted by molar-refractivity contribution is -0.120. The summed E-state index contributed by atoms with van der Waals surface area (Å²) in [4.78, 5) is 36.4. The van der Waals surface area contributed by atoms with Gasteiger partial charge in [0.25, 0.3) is 5.91 Å². The smallest absolute Gasteiger partial charge is 0.272 e. The van der Waals surface area contributed by atoms with Gasteiger partial charge < -0.3 is 25.4 Å². The zero-order valence-electron chi connectivity index (χ0n) is 18.2. The predicted molar refractivity (Wildman–Crippen MR) is 120 cm³/mol. The molecule has 0 unspecified atom stereocenters. The number of benzene rings is 2. The van der Waals surface area contributed by atoms with Crippen LogP contribution in [-0.4, -0.2) is 31.9 Å². The molecule has 0 spiro atoms. The van der Waals surface area contributed by atoms with Crippen LogP contribution in [0.4, 0.5) is 11.4 Å². The van der Waals surface area contributed by atoms with E-state index in [9.17, 15) is 14.4 Å². The molecule has 0 fully saturated rings. The number of carbonyl (C=O) groups is 3. The number of ether oxygens (including phenoxy) is 2. The standard InChI is InChI=1S/C23H27N3O5/c1-14(2)22(28)25-17-7-6-8-18(13-17)26-23(29)19(24-15(3)27)11-16-9-10-20(30-4)21(12-16)31-5/h6-14H,1-5H3,(H,24,27)(H,25,28)(H,26,29)/b19-11-. The number of hydrogen-bond donors (Lipinski definition) is 3. The monoisotopic (exact) mass is 425 g/mol. The first-order chi connectivity index (χ1) is 14.7. The molecular formula is C23H27N3O5. The van der Waals surface area contributed by atoms with Crippen LogP contribution in [0.3, 0.4) is 0 Å². The molecular weight excluding hydrogens is 398 g/mol. The molecule has 0 aliphatic rings. The molecule has 0 atom stereocenters. The van der Waals surface area contributed by atoms with Gasteiger partial charge in [-0.25, -0.2) is 0 Å². The highest BCUT2D eigenvalue weighted by molar-refractivity contribution is 6.08. The topological polar surface area (TPSA) is 106 Å². The second-order valence-corrected chi connectivity index (χ2v) is 7.03. The minimum Gasteiger partial charge on any atom is -0.493 e. The van der Waals surface area contributed by atoms with Crippen molar-refractivity contribution < 1.29 is 23.9 Å². The van der Waals surface area contributed by atoms with Crippen molar-refractivity contribution in [1.29, 1.82) is 0 Å². The largest absolute Gasteiger partial charge is 0.493 e. The van der Waals surface area contributed by atoms with Crippen molar-refractivity contribution in [3.8, 4) is 11.5 Å². The zero-order chi connectivity index (χ0) is 23.0. The molecule has 2 aromatic carbocycles. The summed E-state index contributed by atoms with van der Waals surface area (Å²) in [7, 11) is 3.04. The second kappa shape index (κ2) is 10.8. The number of anilines is 2. The minimum absolute atomic E-state index is 0.0522. The van der Waals surface area contributed by atoms with Gasteiger partial charge in [-0.05, 0) is 42.0 Å². The van der Waals surface area contributed by atoms with E-state index in [-0.39, 0.29) is 23.4 Å². The van der Waals surface area contributed by atoms with Gasteiger partial charge in [-0.3, -0.25) is 14.4 Å². The third-order valence-electron chi connectivity index (χ3n) is 4.19. The summed E-state index contributed by atoms with van der Waals surface area (Å²) in [5.41, 5.74) is 1.71. The molecule has 0 radical (unpaired) electrons. The lowest BCUT2D eigenvalue weighted by Crippen LogP contribution is -2.29. The number of nitrogens with one attached hydrogen (secondary N) is 3. The van der Waals surface area contributed by atoms with Crippen molar-refractivity contribution in [3.63, 3.8) is 0 Å². The van der Waals surface area contributed by atoms with E-state index in [0.717, 1.165) is 0 Å². The summed E-state index contributed by atoms with van der Waals surface area (Å²) in [6, 6.07) is 11.9. The van der Waals surface area contributed by atoms with Gasteiger partial charge in [-0.15, -0.1) is 0 Å². The molecule has 3 amide bonds. The van der Waals surface area contributed by atoms with Gasteiger partial charge in [0, 0.05) is 24.2 Å². The van der Waals surface area contributed by atoms with Crippen LogP contribution in [0.5, 0.6) is 11.5 Å². The summed E-state index contributed by atoms with van der Waals surface area (Å²) in [6.45, 7) is 4.90. The first-order valence-electron chi connectivity index (χ1n) is 9.67. The maximum Gasteiger partial charge on any atom is 0.272 e. The Morgan fingerprint density at radius 1 is 0.903 bits per heavy atom. The van der Waals surface area contributed by atoms with Gasteiger partial charge in [0.1, 0.15) is 5.70 Å². The van der Waals surface area contributed by atoms with Gasteiger partial charge in [0.05, 0.1) is 14.2 Å². The molecule has 3 N–H and O–H groups in total. The molecule has 0 saturated heterocycles.